The number of nitrogens with zero attached hydrogens (tertiary/aromatic N) is 2. The smallest absolute Gasteiger partial charge is 0.317 e. The topological polar surface area (TPSA) is 68.4 Å². The van der Waals surface area contributed by atoms with E-state index >= 15 is 0 Å². The first-order chi connectivity index (χ1) is 13.9. The van der Waals surface area contributed by atoms with Crippen molar-refractivity contribution in [3.05, 3.63) is 35.0 Å². The molecule has 1 saturated carbocycles. The molecule has 2 heterocycles. The number of carbonyl (C=O) groups is 2. The van der Waals surface area contributed by atoms with Crippen LogP contribution in [0.25, 0.3) is 10.9 Å². The minimum Gasteiger partial charge on any atom is -0.357 e. The molecule has 8 heteroatoms. The molecular weight excluding hydrogens is 395 g/mol. The molecule has 2 N–H and O–H groups in total. The van der Waals surface area contributed by atoms with Crippen LogP contribution in [0.15, 0.2) is 24.3 Å². The van der Waals surface area contributed by atoms with Gasteiger partial charge in [-0.3, -0.25) is 4.79 Å². The van der Waals surface area contributed by atoms with Crippen LogP contribution in [0.3, 0.4) is 0 Å². The van der Waals surface area contributed by atoms with Gasteiger partial charge in [0, 0.05) is 41.8 Å². The van der Waals surface area contributed by atoms with Crippen LogP contribution in [0.2, 0.25) is 5.02 Å². The average molecular weight is 421 g/mol. The van der Waals surface area contributed by atoms with Crippen molar-refractivity contribution < 1.29 is 14.0 Å². The highest BCUT2D eigenvalue weighted by atomic mass is 35.5. The molecule has 3 amide bonds. The van der Waals surface area contributed by atoms with Crippen LogP contribution in [0.4, 0.5) is 9.18 Å². The number of hydrogen-bond acceptors (Lipinski definition) is 2. The molecule has 0 radical (unpaired) electrons. The number of benzene rings is 1. The van der Waals surface area contributed by atoms with Crippen LogP contribution in [-0.4, -0.2) is 59.1 Å². The Kier molecular flexibility index (Phi) is 5.67. The first-order valence-electron chi connectivity index (χ1n) is 10.1. The van der Waals surface area contributed by atoms with Gasteiger partial charge >= 0.3 is 6.03 Å². The van der Waals surface area contributed by atoms with Crippen LogP contribution in [0, 0.1) is 5.92 Å². The van der Waals surface area contributed by atoms with Gasteiger partial charge in [-0.25, -0.2) is 9.18 Å². The van der Waals surface area contributed by atoms with E-state index in [2.05, 4.69) is 10.3 Å². The Morgan fingerprint density at radius 2 is 2.14 bits per heavy atom. The van der Waals surface area contributed by atoms with Crippen molar-refractivity contribution in [3.63, 3.8) is 0 Å². The Labute approximate surface area is 174 Å². The van der Waals surface area contributed by atoms with Gasteiger partial charge in [-0.1, -0.05) is 11.6 Å². The number of likely N-dealkylation sites (tertiary alicyclic amines) is 1. The fourth-order valence-electron chi connectivity index (χ4n) is 4.16. The highest BCUT2D eigenvalue weighted by molar-refractivity contribution is 6.31. The zero-order chi connectivity index (χ0) is 20.5. The van der Waals surface area contributed by atoms with Gasteiger partial charge in [0.15, 0.2) is 0 Å². The number of rotatable bonds is 4. The predicted molar refractivity (Wildman–Crippen MR) is 111 cm³/mol. The van der Waals surface area contributed by atoms with Gasteiger partial charge in [-0.05, 0) is 49.9 Å². The van der Waals surface area contributed by atoms with Crippen molar-refractivity contribution in [1.82, 2.24) is 20.1 Å². The number of aromatic amines is 1. The van der Waals surface area contributed by atoms with Crippen LogP contribution >= 0.6 is 11.6 Å². The Bertz CT molecular complexity index is 917. The monoisotopic (exact) mass is 420 g/mol. The van der Waals surface area contributed by atoms with Crippen molar-refractivity contribution in [2.24, 2.45) is 5.92 Å². The van der Waals surface area contributed by atoms with Gasteiger partial charge in [0.2, 0.25) is 5.91 Å². The third-order valence-corrected chi connectivity index (χ3v) is 6.39. The third-order valence-electron chi connectivity index (χ3n) is 6.15. The molecule has 4 rings (SSSR count). The van der Waals surface area contributed by atoms with Crippen molar-refractivity contribution in [2.75, 3.05) is 20.1 Å². The second-order valence-corrected chi connectivity index (χ2v) is 8.51. The summed E-state index contributed by atoms with van der Waals surface area (Å²) in [5, 5.41) is 4.60. The van der Waals surface area contributed by atoms with E-state index in [0.717, 1.165) is 29.4 Å². The standard InChI is InChI=1S/C21H26ClFN4O2/c1-26(16-3-2-8-27(12-16)20(28)17-5-6-18(17)23)21(29)24-11-15-10-13-9-14(22)4-7-19(13)25-15/h4,7,9-10,16-18,25H,2-3,5-6,8,11-12H2,1H3,(H,24,29). The number of piperidine rings is 1. The molecule has 156 valence electrons. The number of aromatic nitrogens is 1. The van der Waals surface area contributed by atoms with E-state index in [9.17, 15) is 14.0 Å². The summed E-state index contributed by atoms with van der Waals surface area (Å²) in [6, 6.07) is 7.32. The number of likely N-dealkylation sites (N-methyl/N-ethyl adjacent to an activating group) is 1. The number of nitrogens with one attached hydrogen (secondary N) is 2. The maximum atomic E-state index is 13.6. The van der Waals surface area contributed by atoms with E-state index in [1.54, 1.807) is 16.8 Å². The van der Waals surface area contributed by atoms with Crippen LogP contribution in [-0.2, 0) is 11.3 Å². The average Bonchev–Trinajstić information content (AvgIpc) is 3.12. The lowest BCUT2D eigenvalue weighted by atomic mass is 9.81. The number of halogens is 2. The van der Waals surface area contributed by atoms with Crippen LogP contribution in [0.5, 0.6) is 0 Å². The van der Waals surface area contributed by atoms with E-state index in [4.69, 9.17) is 11.6 Å². The molecule has 3 atom stereocenters. The molecule has 2 aliphatic rings. The van der Waals surface area contributed by atoms with Gasteiger partial charge in [0.1, 0.15) is 6.17 Å². The molecule has 0 bridgehead atoms. The van der Waals surface area contributed by atoms with Crippen molar-refractivity contribution in [1.29, 1.82) is 0 Å². The van der Waals surface area contributed by atoms with E-state index < -0.39 is 12.1 Å². The normalized spacial score (nSPS) is 24.2. The molecule has 2 aromatic rings. The number of hydrogen-bond donors (Lipinski definition) is 2. The lowest BCUT2D eigenvalue weighted by Crippen LogP contribution is -2.55. The highest BCUT2D eigenvalue weighted by Gasteiger charge is 2.40. The van der Waals surface area contributed by atoms with Crippen molar-refractivity contribution in [3.8, 4) is 0 Å². The molecule has 1 aliphatic carbocycles. The first-order valence-corrected chi connectivity index (χ1v) is 10.5. The summed E-state index contributed by atoms with van der Waals surface area (Å²) < 4.78 is 13.6. The quantitative estimate of drug-likeness (QED) is 0.791. The number of carbonyl (C=O) groups excluding carboxylic acids is 2. The fourth-order valence-corrected chi connectivity index (χ4v) is 4.34. The van der Waals surface area contributed by atoms with E-state index in [1.807, 2.05) is 24.3 Å². The lowest BCUT2D eigenvalue weighted by Gasteiger charge is -2.41. The van der Waals surface area contributed by atoms with E-state index in [1.165, 1.54) is 0 Å². The van der Waals surface area contributed by atoms with Crippen molar-refractivity contribution >= 4 is 34.4 Å². The summed E-state index contributed by atoms with van der Waals surface area (Å²) in [7, 11) is 1.75. The summed E-state index contributed by atoms with van der Waals surface area (Å²) >= 11 is 6.02. The zero-order valence-corrected chi connectivity index (χ0v) is 17.2. The summed E-state index contributed by atoms with van der Waals surface area (Å²) in [4.78, 5) is 31.8. The molecule has 1 saturated heterocycles. The number of alkyl halides is 1. The van der Waals surface area contributed by atoms with Gasteiger partial charge < -0.3 is 20.1 Å². The number of urea groups is 1. The Morgan fingerprint density at radius 1 is 1.31 bits per heavy atom. The number of H-pyrrole nitrogens is 1. The first kappa shape index (κ1) is 20.0. The van der Waals surface area contributed by atoms with Crippen molar-refractivity contribution in [2.45, 2.75) is 44.4 Å². The molecule has 1 aromatic heterocycles. The molecule has 3 unspecified atom stereocenters. The van der Waals surface area contributed by atoms with Gasteiger partial charge in [-0.15, -0.1) is 0 Å². The summed E-state index contributed by atoms with van der Waals surface area (Å²) in [6.45, 7) is 1.49. The molecule has 1 aliphatic heterocycles. The van der Waals surface area contributed by atoms with Crippen LogP contribution < -0.4 is 5.32 Å². The molecular formula is C21H26ClFN4O2. The Balaban J connectivity index is 1.32. The third kappa shape index (κ3) is 4.20. The molecule has 2 fully saturated rings. The number of fused-ring (bicyclic) bond motifs is 1. The van der Waals surface area contributed by atoms with Gasteiger partial charge in [0.25, 0.3) is 0 Å². The maximum Gasteiger partial charge on any atom is 0.317 e. The van der Waals surface area contributed by atoms with Crippen LogP contribution in [0.1, 0.15) is 31.4 Å². The highest BCUT2D eigenvalue weighted by Crippen LogP contribution is 2.33. The minimum absolute atomic E-state index is 0.0626. The lowest BCUT2D eigenvalue weighted by molar-refractivity contribution is -0.143. The molecule has 1 aromatic carbocycles. The predicted octanol–water partition coefficient (Wildman–Crippen LogP) is 3.70. The number of amides is 3. The SMILES string of the molecule is CN(C(=O)NCc1cc2cc(Cl)ccc2[nH]1)C1CCCN(C(=O)C2CCC2F)C1. The van der Waals surface area contributed by atoms with Gasteiger partial charge in [0.05, 0.1) is 18.5 Å². The molecule has 6 nitrogen and oxygen atoms in total. The Morgan fingerprint density at radius 3 is 2.86 bits per heavy atom. The molecule has 0 spiro atoms. The minimum atomic E-state index is -1.00. The largest absolute Gasteiger partial charge is 0.357 e. The molecule has 29 heavy (non-hydrogen) atoms. The van der Waals surface area contributed by atoms with E-state index in [0.29, 0.717) is 37.5 Å². The maximum absolute atomic E-state index is 13.6. The van der Waals surface area contributed by atoms with Gasteiger partial charge in [-0.2, -0.15) is 0 Å². The second-order valence-electron chi connectivity index (χ2n) is 8.08. The summed E-state index contributed by atoms with van der Waals surface area (Å²) in [6.07, 6.45) is 1.77. The van der Waals surface area contributed by atoms with E-state index in [-0.39, 0.29) is 18.0 Å². The summed E-state index contributed by atoms with van der Waals surface area (Å²) in [5.74, 6) is -0.581. The zero-order valence-electron chi connectivity index (χ0n) is 16.5. The summed E-state index contributed by atoms with van der Waals surface area (Å²) in [5.41, 5.74) is 1.86. The fraction of sp³-hybridized carbons (Fsp3) is 0.524. The second kappa shape index (κ2) is 8.22. The Hall–Kier alpha value is -2.28.